The summed E-state index contributed by atoms with van der Waals surface area (Å²) < 4.78 is 5.56. The zero-order chi connectivity index (χ0) is 14.8. The molecule has 0 aromatic heterocycles. The predicted octanol–water partition coefficient (Wildman–Crippen LogP) is 1.84. The number of nitrogens with zero attached hydrogens (tertiary/aromatic N) is 1. The lowest BCUT2D eigenvalue weighted by atomic mass is 9.94. The number of carbonyl (C=O) groups is 2. The smallest absolute Gasteiger partial charge is 0.335 e. The molecule has 21 heavy (non-hydrogen) atoms. The fourth-order valence-electron chi connectivity index (χ4n) is 3.14. The van der Waals surface area contributed by atoms with Crippen molar-refractivity contribution in [1.82, 2.24) is 4.90 Å². The molecular weight excluding hydrogens is 270 g/mol. The first-order chi connectivity index (χ1) is 10.2. The van der Waals surface area contributed by atoms with Crippen LogP contribution in [0.3, 0.4) is 0 Å². The van der Waals surface area contributed by atoms with Gasteiger partial charge in [0, 0.05) is 19.7 Å². The first-order valence-corrected chi connectivity index (χ1v) is 7.41. The van der Waals surface area contributed by atoms with Crippen LogP contribution in [-0.4, -0.2) is 41.1 Å². The summed E-state index contributed by atoms with van der Waals surface area (Å²) in [4.78, 5) is 25.5. The van der Waals surface area contributed by atoms with Gasteiger partial charge in [-0.2, -0.15) is 0 Å². The predicted molar refractivity (Wildman–Crippen MR) is 76.1 cm³/mol. The second kappa shape index (κ2) is 5.85. The Balaban J connectivity index is 1.77. The first-order valence-electron chi connectivity index (χ1n) is 7.41. The van der Waals surface area contributed by atoms with Crippen molar-refractivity contribution in [3.8, 4) is 0 Å². The second-order valence-electron chi connectivity index (χ2n) is 5.61. The number of carboxylic acid groups (broad SMARTS) is 1. The van der Waals surface area contributed by atoms with E-state index in [1.165, 1.54) is 0 Å². The van der Waals surface area contributed by atoms with Gasteiger partial charge in [-0.3, -0.25) is 4.79 Å². The average molecular weight is 289 g/mol. The summed E-state index contributed by atoms with van der Waals surface area (Å²) in [6.45, 7) is 1.70. The molecule has 0 radical (unpaired) electrons. The molecule has 0 bridgehead atoms. The van der Waals surface area contributed by atoms with E-state index in [9.17, 15) is 14.7 Å². The van der Waals surface area contributed by atoms with E-state index in [-0.39, 0.29) is 12.0 Å². The number of benzene rings is 1. The summed E-state index contributed by atoms with van der Waals surface area (Å²) in [6.07, 6.45) is 3.12. The van der Waals surface area contributed by atoms with Crippen LogP contribution in [-0.2, 0) is 22.5 Å². The third-order valence-corrected chi connectivity index (χ3v) is 4.26. The molecule has 1 atom stereocenters. The van der Waals surface area contributed by atoms with Crippen LogP contribution in [0, 0.1) is 0 Å². The van der Waals surface area contributed by atoms with Gasteiger partial charge < -0.3 is 14.7 Å². The maximum absolute atomic E-state index is 12.5. The SMILES string of the molecule is O=C(O)c1cccc2c1CCN(C(=O)C1CCCCO1)C2. The van der Waals surface area contributed by atoms with Crippen molar-refractivity contribution >= 4 is 11.9 Å². The highest BCUT2D eigenvalue weighted by atomic mass is 16.5. The largest absolute Gasteiger partial charge is 0.478 e. The quantitative estimate of drug-likeness (QED) is 0.902. The maximum atomic E-state index is 12.5. The minimum atomic E-state index is -0.901. The van der Waals surface area contributed by atoms with E-state index in [0.29, 0.717) is 31.7 Å². The van der Waals surface area contributed by atoms with Gasteiger partial charge in [-0.15, -0.1) is 0 Å². The Labute approximate surface area is 123 Å². The van der Waals surface area contributed by atoms with Crippen molar-refractivity contribution in [3.05, 3.63) is 34.9 Å². The van der Waals surface area contributed by atoms with E-state index in [2.05, 4.69) is 0 Å². The van der Waals surface area contributed by atoms with Gasteiger partial charge in [-0.25, -0.2) is 4.79 Å². The molecule has 0 spiro atoms. The Morgan fingerprint density at radius 3 is 2.86 bits per heavy atom. The fourth-order valence-corrected chi connectivity index (χ4v) is 3.14. The highest BCUT2D eigenvalue weighted by Crippen LogP contribution is 2.24. The summed E-state index contributed by atoms with van der Waals surface area (Å²) in [7, 11) is 0. The second-order valence-corrected chi connectivity index (χ2v) is 5.61. The molecule has 1 N–H and O–H groups in total. The summed E-state index contributed by atoms with van der Waals surface area (Å²) in [5.41, 5.74) is 2.15. The maximum Gasteiger partial charge on any atom is 0.335 e. The molecule has 112 valence electrons. The number of aromatic carboxylic acids is 1. The summed E-state index contributed by atoms with van der Waals surface area (Å²) in [6, 6.07) is 5.28. The number of ether oxygens (including phenoxy) is 1. The third kappa shape index (κ3) is 2.78. The Morgan fingerprint density at radius 1 is 1.29 bits per heavy atom. The van der Waals surface area contributed by atoms with Crippen molar-refractivity contribution < 1.29 is 19.4 Å². The summed E-state index contributed by atoms with van der Waals surface area (Å²) in [5.74, 6) is -0.858. The number of hydrogen-bond acceptors (Lipinski definition) is 3. The van der Waals surface area contributed by atoms with E-state index in [1.54, 1.807) is 17.0 Å². The van der Waals surface area contributed by atoms with Gasteiger partial charge in [0.1, 0.15) is 6.10 Å². The first kappa shape index (κ1) is 14.1. The standard InChI is InChI=1S/C16H19NO4/c18-15(14-6-1-2-9-21-14)17-8-7-12-11(10-17)4-3-5-13(12)16(19)20/h3-5,14H,1-2,6-10H2,(H,19,20). The minimum absolute atomic E-state index is 0.0427. The topological polar surface area (TPSA) is 66.8 Å². The molecule has 0 aliphatic carbocycles. The van der Waals surface area contributed by atoms with Gasteiger partial charge in [0.2, 0.25) is 0 Å². The molecular formula is C16H19NO4. The van der Waals surface area contributed by atoms with Crippen LogP contribution in [0.5, 0.6) is 0 Å². The van der Waals surface area contributed by atoms with Crippen molar-refractivity contribution in [2.24, 2.45) is 0 Å². The van der Waals surface area contributed by atoms with E-state index >= 15 is 0 Å². The number of amides is 1. The van der Waals surface area contributed by atoms with E-state index < -0.39 is 5.97 Å². The highest BCUT2D eigenvalue weighted by Gasteiger charge is 2.30. The van der Waals surface area contributed by atoms with Crippen LogP contribution >= 0.6 is 0 Å². The van der Waals surface area contributed by atoms with Crippen molar-refractivity contribution in [3.63, 3.8) is 0 Å². The Hall–Kier alpha value is -1.88. The zero-order valence-corrected chi connectivity index (χ0v) is 11.9. The fraction of sp³-hybridized carbons (Fsp3) is 0.500. The van der Waals surface area contributed by atoms with Crippen molar-refractivity contribution in [2.75, 3.05) is 13.2 Å². The average Bonchev–Trinajstić information content (AvgIpc) is 2.53. The number of carbonyl (C=O) groups excluding carboxylic acids is 1. The number of hydrogen-bond donors (Lipinski definition) is 1. The molecule has 3 rings (SSSR count). The van der Waals surface area contributed by atoms with Gasteiger partial charge in [-0.1, -0.05) is 12.1 Å². The van der Waals surface area contributed by atoms with Crippen LogP contribution in [0.25, 0.3) is 0 Å². The van der Waals surface area contributed by atoms with Crippen molar-refractivity contribution in [1.29, 1.82) is 0 Å². The molecule has 2 aliphatic rings. The molecule has 1 unspecified atom stereocenters. The molecule has 5 nitrogen and oxygen atoms in total. The van der Waals surface area contributed by atoms with Gasteiger partial charge in [-0.05, 0) is 42.9 Å². The minimum Gasteiger partial charge on any atom is -0.478 e. The molecule has 2 heterocycles. The number of rotatable bonds is 2. The van der Waals surface area contributed by atoms with E-state index in [4.69, 9.17) is 4.74 Å². The van der Waals surface area contributed by atoms with Crippen LogP contribution < -0.4 is 0 Å². The van der Waals surface area contributed by atoms with Gasteiger partial charge in [0.05, 0.1) is 5.56 Å². The Kier molecular flexibility index (Phi) is 3.92. The van der Waals surface area contributed by atoms with Crippen LogP contribution in [0.1, 0.15) is 40.7 Å². The number of carboxylic acids is 1. The lowest BCUT2D eigenvalue weighted by Crippen LogP contribution is -2.44. The van der Waals surface area contributed by atoms with Gasteiger partial charge in [0.25, 0.3) is 5.91 Å². The van der Waals surface area contributed by atoms with Crippen LogP contribution in [0.2, 0.25) is 0 Å². The molecule has 1 aromatic carbocycles. The number of fused-ring (bicyclic) bond motifs is 1. The van der Waals surface area contributed by atoms with Gasteiger partial charge in [0.15, 0.2) is 0 Å². The molecule has 1 amide bonds. The third-order valence-electron chi connectivity index (χ3n) is 4.26. The molecule has 1 aromatic rings. The monoisotopic (exact) mass is 289 g/mol. The van der Waals surface area contributed by atoms with Gasteiger partial charge >= 0.3 is 5.97 Å². The summed E-state index contributed by atoms with van der Waals surface area (Å²) in [5, 5.41) is 9.22. The lowest BCUT2D eigenvalue weighted by Gasteiger charge is -2.33. The van der Waals surface area contributed by atoms with Crippen molar-refractivity contribution in [2.45, 2.75) is 38.3 Å². The van der Waals surface area contributed by atoms with E-state index in [1.807, 2.05) is 6.07 Å². The van der Waals surface area contributed by atoms with E-state index in [0.717, 1.165) is 30.4 Å². The molecule has 1 saturated heterocycles. The normalized spacial score (nSPS) is 21.7. The highest BCUT2D eigenvalue weighted by molar-refractivity contribution is 5.90. The van der Waals surface area contributed by atoms with Crippen LogP contribution in [0.4, 0.5) is 0 Å². The summed E-state index contributed by atoms with van der Waals surface area (Å²) >= 11 is 0. The van der Waals surface area contributed by atoms with Crippen LogP contribution in [0.15, 0.2) is 18.2 Å². The molecule has 5 heteroatoms. The molecule has 2 aliphatic heterocycles. The zero-order valence-electron chi connectivity index (χ0n) is 11.9. The lowest BCUT2D eigenvalue weighted by molar-refractivity contribution is -0.147. The Morgan fingerprint density at radius 2 is 2.14 bits per heavy atom. The molecule has 1 fully saturated rings. The Bertz CT molecular complexity index is 563. The molecule has 0 saturated carbocycles.